The lowest BCUT2D eigenvalue weighted by Gasteiger charge is -2.40. The fourth-order valence-electron chi connectivity index (χ4n) is 5.76. The van der Waals surface area contributed by atoms with Gasteiger partial charge in [0.05, 0.1) is 13.2 Å². The zero-order valence-electron chi connectivity index (χ0n) is 24.7. The second kappa shape index (κ2) is 13.2. The average molecular weight is 634 g/mol. The fourth-order valence-corrected chi connectivity index (χ4v) is 6.54. The van der Waals surface area contributed by atoms with Crippen molar-refractivity contribution in [3.05, 3.63) is 88.5 Å². The first-order valence-electron chi connectivity index (χ1n) is 14.1. The maximum atomic E-state index is 13.3. The molecule has 0 bridgehead atoms. The molecule has 2 aliphatic heterocycles. The summed E-state index contributed by atoms with van der Waals surface area (Å²) in [6.45, 7) is 3.02. The molecule has 0 spiro atoms. The third-order valence-electron chi connectivity index (χ3n) is 7.81. The number of ether oxygens (including phenoxy) is 2. The number of hydrogen-bond donors (Lipinski definition) is 1. The number of likely N-dealkylation sites (tertiary alicyclic amines) is 1. The number of phenols is 1. The van der Waals surface area contributed by atoms with Crippen molar-refractivity contribution < 1.29 is 41.4 Å². The van der Waals surface area contributed by atoms with Crippen molar-refractivity contribution in [2.45, 2.75) is 44.8 Å². The van der Waals surface area contributed by atoms with Crippen molar-refractivity contribution in [3.63, 3.8) is 0 Å². The Labute approximate surface area is 254 Å². The summed E-state index contributed by atoms with van der Waals surface area (Å²) in [5.74, 6) is 0.138. The minimum absolute atomic E-state index is 0.0718. The largest absolute Gasteiger partial charge is 0.573 e. The molecule has 2 heterocycles. The Hall–Kier alpha value is -3.57. The molecule has 1 unspecified atom stereocenters. The van der Waals surface area contributed by atoms with Gasteiger partial charge in [-0.25, -0.2) is 4.57 Å². The first kappa shape index (κ1) is 31.8. The highest BCUT2D eigenvalue weighted by Gasteiger charge is 2.36. The van der Waals surface area contributed by atoms with Gasteiger partial charge in [0.15, 0.2) is 11.5 Å². The van der Waals surface area contributed by atoms with Crippen molar-refractivity contribution >= 4 is 13.6 Å². The van der Waals surface area contributed by atoms with Crippen LogP contribution in [0.1, 0.15) is 46.7 Å². The number of amidine groups is 1. The molecule has 2 aliphatic rings. The highest BCUT2D eigenvalue weighted by molar-refractivity contribution is 7.52. The Kier molecular flexibility index (Phi) is 9.55. The minimum Gasteiger partial charge on any atom is -0.504 e. The lowest BCUT2D eigenvalue weighted by molar-refractivity contribution is -0.274. The number of methoxy groups -OCH3 is 1. The van der Waals surface area contributed by atoms with Crippen molar-refractivity contribution in [2.24, 2.45) is 4.76 Å². The van der Waals surface area contributed by atoms with Crippen LogP contribution in [0, 0.1) is 0 Å². The summed E-state index contributed by atoms with van der Waals surface area (Å²) < 4.78 is 76.6. The molecule has 3 aromatic rings. The highest BCUT2D eigenvalue weighted by Crippen LogP contribution is 2.50. The molecule has 0 radical (unpaired) electrons. The van der Waals surface area contributed by atoms with Gasteiger partial charge in [0.2, 0.25) is 0 Å². The molecule has 1 atom stereocenters. The van der Waals surface area contributed by atoms with E-state index in [0.717, 1.165) is 36.3 Å². The van der Waals surface area contributed by atoms with E-state index in [0.29, 0.717) is 17.0 Å². The zero-order chi connectivity index (χ0) is 31.5. The number of halogens is 3. The van der Waals surface area contributed by atoms with Crippen LogP contribution < -0.4 is 9.47 Å². The molecule has 1 N–H and O–H groups in total. The van der Waals surface area contributed by atoms with E-state index in [9.17, 15) is 22.8 Å². The molecule has 44 heavy (non-hydrogen) atoms. The van der Waals surface area contributed by atoms with Crippen LogP contribution in [0.5, 0.6) is 17.2 Å². The second-order valence-electron chi connectivity index (χ2n) is 10.7. The second-order valence-corrected chi connectivity index (χ2v) is 12.6. The van der Waals surface area contributed by atoms with E-state index >= 15 is 0 Å². The van der Waals surface area contributed by atoms with Gasteiger partial charge in [-0.1, -0.05) is 36.4 Å². The molecule has 13 heteroatoms. The Morgan fingerprint density at radius 3 is 2.30 bits per heavy atom. The third kappa shape index (κ3) is 7.38. The molecule has 0 aromatic heterocycles. The summed E-state index contributed by atoms with van der Waals surface area (Å²) in [4.78, 5) is 4.25. The summed E-state index contributed by atoms with van der Waals surface area (Å²) in [6, 6.07) is 16.6. The third-order valence-corrected chi connectivity index (χ3v) is 9.21. The van der Waals surface area contributed by atoms with Crippen LogP contribution >= 0.6 is 7.75 Å². The van der Waals surface area contributed by atoms with E-state index in [1.54, 1.807) is 18.2 Å². The molecule has 0 amide bonds. The minimum atomic E-state index is -4.85. The number of fused-ring (bicyclic) bond motifs is 1. The molecule has 236 valence electrons. The summed E-state index contributed by atoms with van der Waals surface area (Å²) >= 11 is 0. The van der Waals surface area contributed by atoms with Crippen LogP contribution in [-0.2, 0) is 33.1 Å². The Balaban J connectivity index is 1.63. The van der Waals surface area contributed by atoms with Crippen molar-refractivity contribution in [2.75, 3.05) is 34.4 Å². The summed E-state index contributed by atoms with van der Waals surface area (Å²) in [5, 5.41) is 10.6. The molecule has 1 saturated heterocycles. The number of alkyl halides is 3. The number of rotatable bonds is 10. The normalized spacial score (nSPS) is 18.5. The predicted octanol–water partition coefficient (Wildman–Crippen LogP) is 6.84. The number of benzene rings is 3. The van der Waals surface area contributed by atoms with Gasteiger partial charge < -0.3 is 19.5 Å². The number of phenolic OH excluding ortho intramolecular Hbond substituents is 1. The zero-order valence-corrected chi connectivity index (χ0v) is 25.6. The summed E-state index contributed by atoms with van der Waals surface area (Å²) in [6.07, 6.45) is -2.35. The summed E-state index contributed by atoms with van der Waals surface area (Å²) in [7, 11) is -0.0304. The van der Waals surface area contributed by atoms with Gasteiger partial charge in [-0.2, -0.15) is 4.76 Å². The monoisotopic (exact) mass is 633 g/mol. The van der Waals surface area contributed by atoms with Gasteiger partial charge in [0.1, 0.15) is 11.6 Å². The lowest BCUT2D eigenvalue weighted by atomic mass is 9.86. The molecule has 1 fully saturated rings. The van der Waals surface area contributed by atoms with Crippen LogP contribution in [0.4, 0.5) is 13.2 Å². The van der Waals surface area contributed by atoms with Gasteiger partial charge in [-0.05, 0) is 78.0 Å². The molecule has 0 saturated carbocycles. The Bertz CT molecular complexity index is 1540. The standard InChI is InChI=1S/C31H35F3N3O6P/c1-40-28-18-26-24(16-27(28)38)17-29(35-44(39,41-2)42-3)37(20-22-7-6-8-25(15-22)43-31(32,33)34)30(26)23-11-9-21(10-12-23)19-36-13-4-5-14-36/h6-12,15-16,18,30,38H,4-5,13-14,17,19-20H2,1-3H3/b35-29-. The van der Waals surface area contributed by atoms with E-state index in [1.165, 1.54) is 52.4 Å². The van der Waals surface area contributed by atoms with Crippen molar-refractivity contribution in [1.29, 1.82) is 0 Å². The average Bonchev–Trinajstić information content (AvgIpc) is 3.50. The van der Waals surface area contributed by atoms with Gasteiger partial charge in [0.25, 0.3) is 0 Å². The molecule has 3 aromatic carbocycles. The van der Waals surface area contributed by atoms with Crippen LogP contribution in [-0.4, -0.2) is 61.5 Å². The molecule has 0 aliphatic carbocycles. The SMILES string of the molecule is COc1cc2c(cc1O)C/C(=N/P(=O)(OC)OC)N(Cc1cccc(OC(F)(F)F)c1)C2c1ccc(CN2CCCC2)cc1. The molecule has 5 rings (SSSR count). The lowest BCUT2D eigenvalue weighted by Crippen LogP contribution is -2.40. The van der Waals surface area contributed by atoms with Crippen LogP contribution in [0.15, 0.2) is 65.4 Å². The van der Waals surface area contributed by atoms with Crippen LogP contribution in [0.2, 0.25) is 0 Å². The first-order valence-corrected chi connectivity index (χ1v) is 15.6. The maximum Gasteiger partial charge on any atom is 0.573 e. The van der Waals surface area contributed by atoms with E-state index in [-0.39, 0.29) is 30.2 Å². The topological polar surface area (TPSA) is 93.1 Å². The maximum absolute atomic E-state index is 13.3. The fraction of sp³-hybridized carbons (Fsp3) is 0.387. The first-order chi connectivity index (χ1) is 21.0. The quantitative estimate of drug-likeness (QED) is 0.243. The molecule has 9 nitrogen and oxygen atoms in total. The van der Waals surface area contributed by atoms with Gasteiger partial charge in [-0.3, -0.25) is 13.9 Å². The number of hydrogen-bond acceptors (Lipinski definition) is 7. The summed E-state index contributed by atoms with van der Waals surface area (Å²) in [5.41, 5.74) is 3.99. The van der Waals surface area contributed by atoms with Gasteiger partial charge >= 0.3 is 14.1 Å². The van der Waals surface area contributed by atoms with E-state index in [4.69, 9.17) is 13.8 Å². The number of aromatic hydroxyl groups is 1. The highest BCUT2D eigenvalue weighted by atomic mass is 31.2. The van der Waals surface area contributed by atoms with E-state index in [2.05, 4.69) is 26.5 Å². The van der Waals surface area contributed by atoms with Crippen molar-refractivity contribution in [3.8, 4) is 17.2 Å². The predicted molar refractivity (Wildman–Crippen MR) is 159 cm³/mol. The molecular formula is C31H35F3N3O6P. The van der Waals surface area contributed by atoms with E-state index < -0.39 is 20.2 Å². The van der Waals surface area contributed by atoms with Crippen LogP contribution in [0.25, 0.3) is 0 Å². The van der Waals surface area contributed by atoms with Crippen LogP contribution in [0.3, 0.4) is 0 Å². The van der Waals surface area contributed by atoms with E-state index in [1.807, 2.05) is 17.0 Å². The van der Waals surface area contributed by atoms with Gasteiger partial charge in [-0.15, -0.1) is 13.2 Å². The van der Waals surface area contributed by atoms with Crippen molar-refractivity contribution in [1.82, 2.24) is 9.80 Å². The number of nitrogens with zero attached hydrogens (tertiary/aromatic N) is 3. The molecular weight excluding hydrogens is 598 g/mol. The Morgan fingerprint density at radius 2 is 1.66 bits per heavy atom. The Morgan fingerprint density at radius 1 is 0.955 bits per heavy atom. The van der Waals surface area contributed by atoms with Gasteiger partial charge in [0, 0.05) is 33.7 Å². The smallest absolute Gasteiger partial charge is 0.504 e.